The Kier molecular flexibility index (Phi) is 53.4. The van der Waals surface area contributed by atoms with Crippen LogP contribution in [0.5, 0.6) is 0 Å². The van der Waals surface area contributed by atoms with Gasteiger partial charge in [0.1, 0.15) is 13.2 Å². The molecule has 0 unspecified atom stereocenters. The lowest BCUT2D eigenvalue weighted by Gasteiger charge is -2.18. The van der Waals surface area contributed by atoms with E-state index in [4.69, 9.17) is 14.2 Å². The number of ether oxygens (including phenoxy) is 3. The zero-order chi connectivity index (χ0) is 50.0. The molecular weight excluding hydrogens is 853 g/mol. The van der Waals surface area contributed by atoms with Gasteiger partial charge in [-0.05, 0) is 128 Å². The van der Waals surface area contributed by atoms with Crippen LogP contribution >= 0.6 is 0 Å². The minimum Gasteiger partial charge on any atom is -0.462 e. The highest BCUT2D eigenvalue weighted by Gasteiger charge is 2.19. The molecule has 0 aromatic heterocycles. The normalized spacial score (nSPS) is 12.9. The molecule has 69 heavy (non-hydrogen) atoms. The lowest BCUT2D eigenvalue weighted by molar-refractivity contribution is -0.167. The molecule has 0 spiro atoms. The van der Waals surface area contributed by atoms with Gasteiger partial charge in [-0.2, -0.15) is 0 Å². The van der Waals surface area contributed by atoms with Gasteiger partial charge in [0, 0.05) is 19.3 Å². The van der Waals surface area contributed by atoms with Gasteiger partial charge in [-0.25, -0.2) is 0 Å². The molecule has 0 aliphatic heterocycles. The second-order valence-electron chi connectivity index (χ2n) is 18.5. The van der Waals surface area contributed by atoms with E-state index in [1.807, 2.05) is 0 Å². The van der Waals surface area contributed by atoms with Gasteiger partial charge in [-0.3, -0.25) is 14.4 Å². The number of allylic oxidation sites excluding steroid dienone is 18. The molecule has 0 aromatic rings. The summed E-state index contributed by atoms with van der Waals surface area (Å²) in [6.07, 6.45) is 76.4. The number of esters is 3. The fraction of sp³-hybridized carbons (Fsp3) is 0.667. The van der Waals surface area contributed by atoms with Gasteiger partial charge in [-0.1, -0.05) is 214 Å². The molecular formula is C63H104O6. The number of carbonyl (C=O) groups is 3. The zero-order valence-electron chi connectivity index (χ0n) is 44.8. The molecule has 0 aromatic carbocycles. The van der Waals surface area contributed by atoms with Crippen molar-refractivity contribution in [3.8, 4) is 0 Å². The Balaban J connectivity index is 4.49. The van der Waals surface area contributed by atoms with Gasteiger partial charge in [0.2, 0.25) is 0 Å². The minimum absolute atomic E-state index is 0.102. The van der Waals surface area contributed by atoms with Gasteiger partial charge in [0.25, 0.3) is 0 Å². The SMILES string of the molecule is CC/C=C\C/C=C\C/C=C\CCCCCCCC(=O)OC[C@H](COC(=O)CCCCCCCC/C=C\C/C=C\C/C=C\CCCCC)OC(=O)CCCCCC/C=C\C/C=C\C/C=C\CCCCC. The van der Waals surface area contributed by atoms with Crippen LogP contribution in [-0.4, -0.2) is 37.2 Å². The Bertz CT molecular complexity index is 1420. The van der Waals surface area contributed by atoms with E-state index in [1.54, 1.807) is 0 Å². The first-order valence-electron chi connectivity index (χ1n) is 28.4. The number of hydrogen-bond donors (Lipinski definition) is 0. The highest BCUT2D eigenvalue weighted by atomic mass is 16.6. The highest BCUT2D eigenvalue weighted by molar-refractivity contribution is 5.71. The van der Waals surface area contributed by atoms with E-state index in [9.17, 15) is 14.4 Å². The van der Waals surface area contributed by atoms with Gasteiger partial charge < -0.3 is 14.2 Å². The highest BCUT2D eigenvalue weighted by Crippen LogP contribution is 2.13. The molecule has 392 valence electrons. The molecule has 0 amide bonds. The van der Waals surface area contributed by atoms with Crippen LogP contribution in [-0.2, 0) is 28.6 Å². The summed E-state index contributed by atoms with van der Waals surface area (Å²) in [5.41, 5.74) is 0. The summed E-state index contributed by atoms with van der Waals surface area (Å²) in [4.78, 5) is 38.2. The van der Waals surface area contributed by atoms with E-state index in [0.29, 0.717) is 19.3 Å². The van der Waals surface area contributed by atoms with Crippen LogP contribution in [0.15, 0.2) is 109 Å². The summed E-state index contributed by atoms with van der Waals surface area (Å²) in [5, 5.41) is 0. The van der Waals surface area contributed by atoms with Crippen LogP contribution < -0.4 is 0 Å². The Hall–Kier alpha value is -3.93. The van der Waals surface area contributed by atoms with E-state index in [-0.39, 0.29) is 31.1 Å². The predicted molar refractivity (Wildman–Crippen MR) is 297 cm³/mol. The standard InChI is InChI=1S/C63H104O6/c1-4-7-10-13-16-19-22-25-28-30-31-33-35-38-41-44-47-50-53-56-62(65)68-59-60(58-67-61(64)55-52-49-46-43-40-37-34-27-24-21-18-15-12-9-6-3)69-63(66)57-54-51-48-45-42-39-36-32-29-26-23-20-17-14-11-8-5-2/h9,12,16-21,25-29,31,33-34,36,39,60H,4-8,10-11,13-15,22-24,30,32,35,37-38,40-59H2,1-3H3/b12-9-,19-16-,20-17-,21-18-,28-25-,29-26-,33-31-,34-27-,39-36-/t60-/m1/s1. The van der Waals surface area contributed by atoms with Gasteiger partial charge in [0.05, 0.1) is 0 Å². The monoisotopic (exact) mass is 957 g/mol. The van der Waals surface area contributed by atoms with Crippen molar-refractivity contribution in [2.24, 2.45) is 0 Å². The van der Waals surface area contributed by atoms with E-state index in [0.717, 1.165) is 148 Å². The molecule has 0 aliphatic rings. The fourth-order valence-electron chi connectivity index (χ4n) is 7.47. The summed E-state index contributed by atoms with van der Waals surface area (Å²) in [6, 6.07) is 0. The third-order valence-electron chi connectivity index (χ3n) is 11.7. The zero-order valence-corrected chi connectivity index (χ0v) is 44.8. The summed E-state index contributed by atoms with van der Waals surface area (Å²) in [7, 11) is 0. The van der Waals surface area contributed by atoms with Gasteiger partial charge in [-0.15, -0.1) is 0 Å². The van der Waals surface area contributed by atoms with Gasteiger partial charge in [0.15, 0.2) is 6.10 Å². The quantitative estimate of drug-likeness (QED) is 0.0262. The van der Waals surface area contributed by atoms with Crippen LogP contribution in [0.4, 0.5) is 0 Å². The maximum absolute atomic E-state index is 12.8. The van der Waals surface area contributed by atoms with Crippen LogP contribution in [0.2, 0.25) is 0 Å². The van der Waals surface area contributed by atoms with Crippen molar-refractivity contribution in [1.82, 2.24) is 0 Å². The Morgan fingerprint density at radius 2 is 0.565 bits per heavy atom. The maximum atomic E-state index is 12.8. The van der Waals surface area contributed by atoms with Crippen molar-refractivity contribution in [3.63, 3.8) is 0 Å². The molecule has 0 aliphatic carbocycles. The van der Waals surface area contributed by atoms with E-state index in [2.05, 4.69) is 130 Å². The molecule has 6 nitrogen and oxygen atoms in total. The summed E-state index contributed by atoms with van der Waals surface area (Å²) >= 11 is 0. The number of carbonyl (C=O) groups excluding carboxylic acids is 3. The topological polar surface area (TPSA) is 78.9 Å². The largest absolute Gasteiger partial charge is 0.462 e. The first-order valence-corrected chi connectivity index (χ1v) is 28.4. The molecule has 0 N–H and O–H groups in total. The fourth-order valence-corrected chi connectivity index (χ4v) is 7.47. The molecule has 0 rings (SSSR count). The number of rotatable bonds is 50. The first kappa shape index (κ1) is 65.1. The smallest absolute Gasteiger partial charge is 0.306 e. The maximum Gasteiger partial charge on any atom is 0.306 e. The van der Waals surface area contributed by atoms with Gasteiger partial charge >= 0.3 is 17.9 Å². The van der Waals surface area contributed by atoms with E-state index < -0.39 is 6.10 Å². The van der Waals surface area contributed by atoms with Crippen molar-refractivity contribution in [2.75, 3.05) is 13.2 Å². The summed E-state index contributed by atoms with van der Waals surface area (Å²) in [5.74, 6) is -0.952. The summed E-state index contributed by atoms with van der Waals surface area (Å²) < 4.78 is 16.8. The van der Waals surface area contributed by atoms with Crippen molar-refractivity contribution in [3.05, 3.63) is 109 Å². The molecule has 0 radical (unpaired) electrons. The third-order valence-corrected chi connectivity index (χ3v) is 11.7. The average Bonchev–Trinajstić information content (AvgIpc) is 3.35. The van der Waals surface area contributed by atoms with Crippen LogP contribution in [0.3, 0.4) is 0 Å². The Morgan fingerprint density at radius 3 is 0.884 bits per heavy atom. The molecule has 0 heterocycles. The predicted octanol–water partition coefficient (Wildman–Crippen LogP) is 19.1. The second kappa shape index (κ2) is 56.7. The van der Waals surface area contributed by atoms with Crippen molar-refractivity contribution >= 4 is 17.9 Å². The molecule has 0 saturated heterocycles. The molecule has 1 atom stereocenters. The van der Waals surface area contributed by atoms with E-state index >= 15 is 0 Å². The Morgan fingerprint density at radius 1 is 0.304 bits per heavy atom. The Labute approximate surface area is 425 Å². The molecule has 6 heteroatoms. The lowest BCUT2D eigenvalue weighted by atomic mass is 10.1. The minimum atomic E-state index is -0.805. The summed E-state index contributed by atoms with van der Waals surface area (Å²) in [6.45, 7) is 6.43. The third kappa shape index (κ3) is 54.9. The van der Waals surface area contributed by atoms with Crippen LogP contribution in [0.25, 0.3) is 0 Å². The van der Waals surface area contributed by atoms with Crippen LogP contribution in [0.1, 0.15) is 252 Å². The van der Waals surface area contributed by atoms with Crippen molar-refractivity contribution < 1.29 is 28.6 Å². The van der Waals surface area contributed by atoms with Crippen molar-refractivity contribution in [1.29, 1.82) is 0 Å². The number of unbranched alkanes of at least 4 members (excludes halogenated alkanes) is 21. The molecule has 0 fully saturated rings. The molecule has 0 saturated carbocycles. The average molecular weight is 958 g/mol. The first-order chi connectivity index (χ1) is 34.0. The molecule has 0 bridgehead atoms. The number of hydrogen-bond acceptors (Lipinski definition) is 6. The van der Waals surface area contributed by atoms with E-state index in [1.165, 1.54) is 64.2 Å². The van der Waals surface area contributed by atoms with Crippen LogP contribution in [0, 0.1) is 0 Å². The van der Waals surface area contributed by atoms with Crippen molar-refractivity contribution in [2.45, 2.75) is 258 Å². The lowest BCUT2D eigenvalue weighted by Crippen LogP contribution is -2.30. The second-order valence-corrected chi connectivity index (χ2v) is 18.5.